The van der Waals surface area contributed by atoms with E-state index in [2.05, 4.69) is 11.6 Å². The zero-order valence-corrected chi connectivity index (χ0v) is 11.0. The predicted molar refractivity (Wildman–Crippen MR) is 67.9 cm³/mol. The molecule has 0 aromatic carbocycles. The Kier molecular flexibility index (Phi) is 4.28. The molecule has 1 N–H and O–H groups in total. The zero-order chi connectivity index (χ0) is 12.3. The highest BCUT2D eigenvalue weighted by Crippen LogP contribution is 2.14. The van der Waals surface area contributed by atoms with Crippen LogP contribution in [0.2, 0.25) is 0 Å². The van der Waals surface area contributed by atoms with E-state index in [0.29, 0.717) is 19.6 Å². The summed E-state index contributed by atoms with van der Waals surface area (Å²) >= 11 is 1.77. The molecule has 2 aliphatic rings. The molecule has 2 fully saturated rings. The van der Waals surface area contributed by atoms with Gasteiger partial charge in [0.05, 0.1) is 6.04 Å². The first kappa shape index (κ1) is 12.7. The fourth-order valence-corrected chi connectivity index (χ4v) is 2.80. The molecule has 2 heterocycles. The summed E-state index contributed by atoms with van der Waals surface area (Å²) in [6, 6.07) is 0.170. The summed E-state index contributed by atoms with van der Waals surface area (Å²) < 4.78 is 0. The molecule has 0 saturated carbocycles. The Bertz CT molecular complexity index is 311. The number of piperazine rings is 2. The van der Waals surface area contributed by atoms with Gasteiger partial charge in [0.15, 0.2) is 0 Å². The van der Waals surface area contributed by atoms with E-state index in [1.807, 2.05) is 0 Å². The van der Waals surface area contributed by atoms with E-state index >= 15 is 0 Å². The summed E-state index contributed by atoms with van der Waals surface area (Å²) in [6.07, 6.45) is 3.01. The van der Waals surface area contributed by atoms with Gasteiger partial charge < -0.3 is 15.1 Å². The average molecular weight is 257 g/mol. The first-order valence-corrected chi connectivity index (χ1v) is 7.43. The van der Waals surface area contributed by atoms with Gasteiger partial charge in [0.1, 0.15) is 0 Å². The van der Waals surface area contributed by atoms with E-state index in [-0.39, 0.29) is 17.9 Å². The van der Waals surface area contributed by atoms with Gasteiger partial charge in [-0.1, -0.05) is 0 Å². The van der Waals surface area contributed by atoms with Crippen molar-refractivity contribution in [2.24, 2.45) is 0 Å². The van der Waals surface area contributed by atoms with Crippen LogP contribution in [-0.2, 0) is 9.59 Å². The molecule has 0 aliphatic carbocycles. The highest BCUT2D eigenvalue weighted by molar-refractivity contribution is 7.98. The van der Waals surface area contributed by atoms with Crippen LogP contribution in [0.15, 0.2) is 0 Å². The van der Waals surface area contributed by atoms with Crippen LogP contribution in [0.4, 0.5) is 0 Å². The number of fused-ring (bicyclic) bond motifs is 1. The van der Waals surface area contributed by atoms with Crippen molar-refractivity contribution >= 4 is 23.6 Å². The van der Waals surface area contributed by atoms with Crippen LogP contribution >= 0.6 is 11.8 Å². The number of amides is 2. The maximum Gasteiger partial charge on any atom is 0.312 e. The van der Waals surface area contributed by atoms with Crippen LogP contribution in [0.25, 0.3) is 0 Å². The quantitative estimate of drug-likeness (QED) is 0.539. The Morgan fingerprint density at radius 2 is 2.24 bits per heavy atom. The first-order chi connectivity index (χ1) is 8.24. The highest BCUT2D eigenvalue weighted by atomic mass is 32.2. The van der Waals surface area contributed by atoms with Gasteiger partial charge in [-0.25, -0.2) is 0 Å². The average Bonchev–Trinajstić information content (AvgIpc) is 2.35. The molecule has 6 heteroatoms. The van der Waals surface area contributed by atoms with Gasteiger partial charge >= 0.3 is 11.8 Å². The number of thioether (sulfide) groups is 1. The number of nitrogens with zero attached hydrogens (tertiary/aromatic N) is 2. The number of carbonyl (C=O) groups excluding carboxylic acids is 2. The Morgan fingerprint density at radius 1 is 1.41 bits per heavy atom. The van der Waals surface area contributed by atoms with Gasteiger partial charge in [0.2, 0.25) is 0 Å². The van der Waals surface area contributed by atoms with Crippen LogP contribution < -0.4 is 5.32 Å². The standard InChI is InChI=1S/C11H19N3O2S/c1-17-6-2-4-13-8-9-7-12-3-5-14(9)11(16)10(13)15/h9,12H,2-8H2,1H3. The monoisotopic (exact) mass is 257 g/mol. The lowest BCUT2D eigenvalue weighted by Crippen LogP contribution is -2.65. The summed E-state index contributed by atoms with van der Waals surface area (Å²) in [5.41, 5.74) is 0. The van der Waals surface area contributed by atoms with Gasteiger partial charge in [0.25, 0.3) is 0 Å². The van der Waals surface area contributed by atoms with Crippen molar-refractivity contribution in [3.63, 3.8) is 0 Å². The van der Waals surface area contributed by atoms with Crippen molar-refractivity contribution in [3.8, 4) is 0 Å². The normalized spacial score (nSPS) is 25.1. The van der Waals surface area contributed by atoms with Crippen LogP contribution in [0.3, 0.4) is 0 Å². The molecule has 0 bridgehead atoms. The molecule has 1 unspecified atom stereocenters. The SMILES string of the molecule is CSCCCN1CC2CNCCN2C(=O)C1=O. The molecule has 2 amide bonds. The minimum absolute atomic E-state index is 0.170. The number of hydrogen-bond donors (Lipinski definition) is 1. The third-order valence-corrected chi connectivity index (χ3v) is 3.99. The van der Waals surface area contributed by atoms with E-state index in [4.69, 9.17) is 0 Å². The molecule has 17 heavy (non-hydrogen) atoms. The third-order valence-electron chi connectivity index (χ3n) is 3.29. The van der Waals surface area contributed by atoms with Gasteiger partial charge in [-0.3, -0.25) is 9.59 Å². The van der Waals surface area contributed by atoms with Crippen LogP contribution in [-0.4, -0.2) is 72.4 Å². The molecular weight excluding hydrogens is 238 g/mol. The number of rotatable bonds is 4. The second-order valence-corrected chi connectivity index (χ2v) is 5.44. The molecule has 0 aromatic rings. The minimum Gasteiger partial charge on any atom is -0.332 e. The molecule has 0 spiro atoms. The molecule has 2 aliphatic heterocycles. The molecule has 2 saturated heterocycles. The Hall–Kier alpha value is -0.750. The maximum absolute atomic E-state index is 11.9. The fourth-order valence-electron chi connectivity index (χ4n) is 2.38. The summed E-state index contributed by atoms with van der Waals surface area (Å²) in [7, 11) is 0. The summed E-state index contributed by atoms with van der Waals surface area (Å²) in [5.74, 6) is 0.404. The molecule has 2 rings (SSSR count). The topological polar surface area (TPSA) is 52.6 Å². The largest absolute Gasteiger partial charge is 0.332 e. The number of hydrogen-bond acceptors (Lipinski definition) is 4. The van der Waals surface area contributed by atoms with E-state index in [1.54, 1.807) is 21.6 Å². The van der Waals surface area contributed by atoms with Crippen molar-refractivity contribution in [1.82, 2.24) is 15.1 Å². The van der Waals surface area contributed by atoms with Gasteiger partial charge in [-0.15, -0.1) is 0 Å². The van der Waals surface area contributed by atoms with Crippen molar-refractivity contribution in [1.29, 1.82) is 0 Å². The van der Waals surface area contributed by atoms with E-state index < -0.39 is 0 Å². The van der Waals surface area contributed by atoms with Crippen molar-refractivity contribution in [3.05, 3.63) is 0 Å². The maximum atomic E-state index is 11.9. The zero-order valence-electron chi connectivity index (χ0n) is 10.1. The van der Waals surface area contributed by atoms with E-state index in [1.165, 1.54) is 0 Å². The lowest BCUT2D eigenvalue weighted by molar-refractivity contribution is -0.159. The second-order valence-electron chi connectivity index (χ2n) is 4.45. The smallest absolute Gasteiger partial charge is 0.312 e. The summed E-state index contributed by atoms with van der Waals surface area (Å²) in [6.45, 7) is 3.65. The molecule has 96 valence electrons. The minimum atomic E-state index is -0.316. The van der Waals surface area contributed by atoms with Crippen LogP contribution in [0, 0.1) is 0 Å². The van der Waals surface area contributed by atoms with Crippen LogP contribution in [0.1, 0.15) is 6.42 Å². The van der Waals surface area contributed by atoms with E-state index in [0.717, 1.165) is 25.3 Å². The Morgan fingerprint density at radius 3 is 3.00 bits per heavy atom. The lowest BCUT2D eigenvalue weighted by atomic mass is 10.1. The summed E-state index contributed by atoms with van der Waals surface area (Å²) in [5, 5.41) is 3.27. The molecule has 0 aromatic heterocycles. The third kappa shape index (κ3) is 2.74. The summed E-state index contributed by atoms with van der Waals surface area (Å²) in [4.78, 5) is 27.2. The molecule has 1 atom stereocenters. The van der Waals surface area contributed by atoms with Gasteiger partial charge in [-0.05, 0) is 18.4 Å². The molecular formula is C11H19N3O2S. The van der Waals surface area contributed by atoms with Crippen molar-refractivity contribution < 1.29 is 9.59 Å². The second kappa shape index (κ2) is 5.73. The number of carbonyl (C=O) groups is 2. The van der Waals surface area contributed by atoms with Crippen molar-refractivity contribution in [2.75, 3.05) is 44.7 Å². The van der Waals surface area contributed by atoms with Crippen LogP contribution in [0.5, 0.6) is 0 Å². The highest BCUT2D eigenvalue weighted by Gasteiger charge is 2.39. The predicted octanol–water partition coefficient (Wildman–Crippen LogP) is -0.618. The molecule has 0 radical (unpaired) electrons. The molecule has 5 nitrogen and oxygen atoms in total. The van der Waals surface area contributed by atoms with Gasteiger partial charge in [-0.2, -0.15) is 11.8 Å². The van der Waals surface area contributed by atoms with Gasteiger partial charge in [0, 0.05) is 32.7 Å². The Labute approximate surface area is 106 Å². The van der Waals surface area contributed by atoms with Crippen molar-refractivity contribution in [2.45, 2.75) is 12.5 Å². The fraction of sp³-hybridized carbons (Fsp3) is 0.818. The Balaban J connectivity index is 1.95. The lowest BCUT2D eigenvalue weighted by Gasteiger charge is -2.43. The van der Waals surface area contributed by atoms with E-state index in [9.17, 15) is 9.59 Å². The first-order valence-electron chi connectivity index (χ1n) is 6.03. The number of nitrogens with one attached hydrogen (secondary N) is 1.